The molecule has 0 saturated carbocycles. The summed E-state index contributed by atoms with van der Waals surface area (Å²) in [5, 5.41) is 10.0. The van der Waals surface area contributed by atoms with Gasteiger partial charge in [0.2, 0.25) is 0 Å². The summed E-state index contributed by atoms with van der Waals surface area (Å²) < 4.78 is 18.8. The predicted octanol–water partition coefficient (Wildman–Crippen LogP) is 4.51. The molecule has 0 unspecified atom stereocenters. The van der Waals surface area contributed by atoms with Gasteiger partial charge < -0.3 is 9.84 Å². The fourth-order valence-corrected chi connectivity index (χ4v) is 2.43. The lowest BCUT2D eigenvalue weighted by Crippen LogP contribution is -2.02. The molecule has 0 aromatic heterocycles. The lowest BCUT2D eigenvalue weighted by atomic mass is 10.1. The van der Waals surface area contributed by atoms with E-state index in [-0.39, 0.29) is 19.0 Å². The zero-order chi connectivity index (χ0) is 14.7. The van der Waals surface area contributed by atoms with Gasteiger partial charge >= 0.3 is 0 Å². The summed E-state index contributed by atoms with van der Waals surface area (Å²) in [6.45, 7) is 1.80. The van der Waals surface area contributed by atoms with Gasteiger partial charge in [0.15, 0.2) is 0 Å². The Hall–Kier alpha value is -1.29. The minimum Gasteiger partial charge on any atom is -0.487 e. The maximum Gasteiger partial charge on any atom is 0.144 e. The van der Waals surface area contributed by atoms with Crippen molar-refractivity contribution in [2.45, 2.75) is 20.1 Å². The number of benzene rings is 2. The molecule has 1 N–H and O–H groups in total. The minimum absolute atomic E-state index is 0.165. The maximum absolute atomic E-state index is 13.2. The van der Waals surface area contributed by atoms with E-state index >= 15 is 0 Å². The van der Waals surface area contributed by atoms with Crippen molar-refractivity contribution >= 4 is 23.2 Å². The first-order chi connectivity index (χ1) is 9.51. The van der Waals surface area contributed by atoms with Crippen molar-refractivity contribution in [1.82, 2.24) is 0 Å². The molecule has 0 aliphatic rings. The quantitative estimate of drug-likeness (QED) is 0.899. The smallest absolute Gasteiger partial charge is 0.144 e. The van der Waals surface area contributed by atoms with Crippen LogP contribution in [0.4, 0.5) is 4.39 Å². The summed E-state index contributed by atoms with van der Waals surface area (Å²) in [6.07, 6.45) is 0. The summed E-state index contributed by atoms with van der Waals surface area (Å²) in [5.41, 5.74) is 2.14. The highest BCUT2D eigenvalue weighted by molar-refractivity contribution is 6.35. The first-order valence-corrected chi connectivity index (χ1v) is 6.73. The van der Waals surface area contributed by atoms with Crippen molar-refractivity contribution in [3.8, 4) is 5.75 Å². The van der Waals surface area contributed by atoms with Crippen LogP contribution in [0.5, 0.6) is 5.75 Å². The molecule has 2 nitrogen and oxygen atoms in total. The van der Waals surface area contributed by atoms with Gasteiger partial charge in [-0.1, -0.05) is 29.3 Å². The molecule has 0 heterocycles. The van der Waals surface area contributed by atoms with E-state index in [4.69, 9.17) is 27.9 Å². The van der Waals surface area contributed by atoms with Crippen molar-refractivity contribution < 1.29 is 14.2 Å². The van der Waals surface area contributed by atoms with Crippen molar-refractivity contribution in [3.05, 3.63) is 62.9 Å². The molecule has 2 aromatic carbocycles. The van der Waals surface area contributed by atoms with E-state index in [1.165, 1.54) is 18.2 Å². The van der Waals surface area contributed by atoms with Gasteiger partial charge in [-0.05, 0) is 42.3 Å². The van der Waals surface area contributed by atoms with E-state index < -0.39 is 0 Å². The van der Waals surface area contributed by atoms with Crippen molar-refractivity contribution in [2.24, 2.45) is 0 Å². The molecule has 20 heavy (non-hydrogen) atoms. The van der Waals surface area contributed by atoms with Crippen molar-refractivity contribution in [2.75, 3.05) is 0 Å². The molecule has 0 spiro atoms. The second-order valence-corrected chi connectivity index (χ2v) is 5.24. The summed E-state index contributed by atoms with van der Waals surface area (Å²) in [5.74, 6) is 0.0426. The van der Waals surface area contributed by atoms with Gasteiger partial charge in [-0.25, -0.2) is 4.39 Å². The van der Waals surface area contributed by atoms with Gasteiger partial charge in [-0.2, -0.15) is 0 Å². The molecule has 0 fully saturated rings. The van der Waals surface area contributed by atoms with Gasteiger partial charge in [0, 0.05) is 10.6 Å². The number of rotatable bonds is 4. The molecular formula is C15H13Cl2FO2. The molecule has 0 radical (unpaired) electrons. The number of aryl methyl sites for hydroxylation is 1. The summed E-state index contributed by atoms with van der Waals surface area (Å²) in [7, 11) is 0. The third-order valence-electron chi connectivity index (χ3n) is 2.94. The Morgan fingerprint density at radius 3 is 2.60 bits per heavy atom. The molecule has 5 heteroatoms. The van der Waals surface area contributed by atoms with Gasteiger partial charge in [0.1, 0.15) is 18.2 Å². The van der Waals surface area contributed by atoms with E-state index in [0.717, 1.165) is 11.1 Å². The maximum atomic E-state index is 13.2. The van der Waals surface area contributed by atoms with Gasteiger partial charge in [0.05, 0.1) is 11.6 Å². The Balaban J connectivity index is 2.25. The van der Waals surface area contributed by atoms with Crippen LogP contribution < -0.4 is 4.74 Å². The molecule has 0 atom stereocenters. The first-order valence-electron chi connectivity index (χ1n) is 5.98. The SMILES string of the molecule is Cc1ccc(F)cc1COc1c(Cl)cc(Cl)cc1CO. The Morgan fingerprint density at radius 2 is 1.90 bits per heavy atom. The Morgan fingerprint density at radius 1 is 1.15 bits per heavy atom. The minimum atomic E-state index is -0.321. The van der Waals surface area contributed by atoms with Crippen LogP contribution >= 0.6 is 23.2 Å². The number of hydrogen-bond donors (Lipinski definition) is 1. The van der Waals surface area contributed by atoms with Gasteiger partial charge in [0.25, 0.3) is 0 Å². The molecule has 2 aromatic rings. The molecule has 0 bridgehead atoms. The predicted molar refractivity (Wildman–Crippen MR) is 77.9 cm³/mol. The van der Waals surface area contributed by atoms with Crippen LogP contribution in [0.25, 0.3) is 0 Å². The van der Waals surface area contributed by atoms with Gasteiger partial charge in [-0.3, -0.25) is 0 Å². The lowest BCUT2D eigenvalue weighted by Gasteiger charge is -2.13. The third kappa shape index (κ3) is 3.42. The average Bonchev–Trinajstić information content (AvgIpc) is 2.40. The highest BCUT2D eigenvalue weighted by atomic mass is 35.5. The highest BCUT2D eigenvalue weighted by Crippen LogP contribution is 2.33. The average molecular weight is 315 g/mol. The summed E-state index contributed by atoms with van der Waals surface area (Å²) >= 11 is 11.9. The fourth-order valence-electron chi connectivity index (χ4n) is 1.84. The molecule has 106 valence electrons. The fraction of sp³-hybridized carbons (Fsp3) is 0.200. The van der Waals surface area contributed by atoms with E-state index in [1.807, 2.05) is 6.92 Å². The Labute approximate surface area is 126 Å². The lowest BCUT2D eigenvalue weighted by molar-refractivity contribution is 0.258. The zero-order valence-corrected chi connectivity index (χ0v) is 12.3. The van der Waals surface area contributed by atoms with Crippen molar-refractivity contribution in [1.29, 1.82) is 0 Å². The molecular weight excluding hydrogens is 302 g/mol. The van der Waals surface area contributed by atoms with Gasteiger partial charge in [-0.15, -0.1) is 0 Å². The normalized spacial score (nSPS) is 10.7. The van der Waals surface area contributed by atoms with E-state index in [2.05, 4.69) is 0 Å². The van der Waals surface area contributed by atoms with Crippen LogP contribution in [0.1, 0.15) is 16.7 Å². The van der Waals surface area contributed by atoms with Crippen LogP contribution in [0.3, 0.4) is 0 Å². The molecule has 2 rings (SSSR count). The van der Waals surface area contributed by atoms with Crippen LogP contribution in [-0.2, 0) is 13.2 Å². The van der Waals surface area contributed by atoms with Crippen LogP contribution in [0, 0.1) is 12.7 Å². The number of aliphatic hydroxyl groups is 1. The van der Waals surface area contributed by atoms with E-state index in [9.17, 15) is 9.50 Å². The van der Waals surface area contributed by atoms with Crippen LogP contribution in [0.15, 0.2) is 30.3 Å². The number of ether oxygens (including phenoxy) is 1. The third-order valence-corrected chi connectivity index (χ3v) is 3.44. The summed E-state index contributed by atoms with van der Waals surface area (Å²) in [6, 6.07) is 7.62. The van der Waals surface area contributed by atoms with E-state index in [1.54, 1.807) is 12.1 Å². The molecule has 0 aliphatic carbocycles. The second-order valence-electron chi connectivity index (χ2n) is 4.39. The number of hydrogen-bond acceptors (Lipinski definition) is 2. The highest BCUT2D eigenvalue weighted by Gasteiger charge is 2.11. The van der Waals surface area contributed by atoms with E-state index in [0.29, 0.717) is 21.4 Å². The van der Waals surface area contributed by atoms with Crippen molar-refractivity contribution in [3.63, 3.8) is 0 Å². The number of aliphatic hydroxyl groups excluding tert-OH is 1. The molecule has 0 aliphatic heterocycles. The summed E-state index contributed by atoms with van der Waals surface area (Å²) in [4.78, 5) is 0. The molecule has 0 amide bonds. The monoisotopic (exact) mass is 314 g/mol. The Kier molecular flexibility index (Phi) is 4.86. The van der Waals surface area contributed by atoms with Crippen LogP contribution in [0.2, 0.25) is 10.0 Å². The first kappa shape index (κ1) is 15.1. The van der Waals surface area contributed by atoms with Crippen LogP contribution in [-0.4, -0.2) is 5.11 Å². The second kappa shape index (κ2) is 6.44. The molecule has 0 saturated heterocycles. The topological polar surface area (TPSA) is 29.5 Å². The number of halogens is 3. The zero-order valence-electron chi connectivity index (χ0n) is 10.8. The Bertz CT molecular complexity index is 630. The largest absolute Gasteiger partial charge is 0.487 e. The standard InChI is InChI=1S/C15H13Cl2FO2/c1-9-2-3-13(18)5-11(9)8-20-15-10(7-19)4-12(16)6-14(15)17/h2-6,19H,7-8H2,1H3.